The van der Waals surface area contributed by atoms with E-state index < -0.39 is 64.4 Å². The molecular formula is C35H42N4O9. The molecule has 13 heteroatoms. The van der Waals surface area contributed by atoms with Gasteiger partial charge in [-0.1, -0.05) is 12.1 Å². The first kappa shape index (κ1) is 33.9. The number of rotatable bonds is 8. The number of hydrogen-bond acceptors (Lipinski definition) is 12. The van der Waals surface area contributed by atoms with E-state index in [2.05, 4.69) is 9.80 Å². The van der Waals surface area contributed by atoms with Crippen LogP contribution in [0.15, 0.2) is 30.3 Å². The lowest BCUT2D eigenvalue weighted by Crippen LogP contribution is -2.74. The highest BCUT2D eigenvalue weighted by Gasteiger charge is 2.69. The minimum absolute atomic E-state index is 0.0187. The largest absolute Gasteiger partial charge is 0.507 e. The summed E-state index contributed by atoms with van der Waals surface area (Å²) in [5, 5.41) is 32.1. The Morgan fingerprint density at radius 3 is 2.35 bits per heavy atom. The second-order valence-electron chi connectivity index (χ2n) is 13.6. The molecule has 13 nitrogen and oxygen atoms in total. The maximum atomic E-state index is 14.2. The summed E-state index contributed by atoms with van der Waals surface area (Å²) in [6.07, 6.45) is 0.152. The number of aromatic hydroxyl groups is 1. The zero-order chi connectivity index (χ0) is 34.7. The highest BCUT2D eigenvalue weighted by molar-refractivity contribution is 6.32. The van der Waals surface area contributed by atoms with Gasteiger partial charge in [0.25, 0.3) is 0 Å². The van der Waals surface area contributed by atoms with E-state index >= 15 is 0 Å². The van der Waals surface area contributed by atoms with Crippen LogP contribution in [0.2, 0.25) is 0 Å². The first-order valence-electron chi connectivity index (χ1n) is 16.3. The molecule has 2 aromatic rings. The molecule has 3 aliphatic carbocycles. The van der Waals surface area contributed by atoms with E-state index in [4.69, 9.17) is 10.5 Å². The molecule has 0 aromatic heterocycles. The molecule has 1 aliphatic heterocycles. The Labute approximate surface area is 278 Å². The summed E-state index contributed by atoms with van der Waals surface area (Å²) in [6.45, 7) is 4.69. The number of fused-ring (bicyclic) bond motifs is 3. The number of carbonyl (C=O) groups is 5. The fourth-order valence-corrected chi connectivity index (χ4v) is 8.50. The number of piperazine rings is 1. The molecule has 256 valence electrons. The van der Waals surface area contributed by atoms with Crippen LogP contribution in [-0.2, 0) is 32.1 Å². The summed E-state index contributed by atoms with van der Waals surface area (Å²) in [7, 11) is 4.72. The van der Waals surface area contributed by atoms with Crippen molar-refractivity contribution in [3.05, 3.63) is 47.0 Å². The monoisotopic (exact) mass is 662 g/mol. The molecule has 3 fully saturated rings. The Kier molecular flexibility index (Phi) is 9.02. The molecule has 4 aliphatic rings. The number of nitrogens with two attached hydrogens (primary N) is 1. The predicted octanol–water partition coefficient (Wildman–Crippen LogP) is -0.347. The third-order valence-corrected chi connectivity index (χ3v) is 10.8. The van der Waals surface area contributed by atoms with Crippen LogP contribution in [0.4, 0.5) is 0 Å². The van der Waals surface area contributed by atoms with Gasteiger partial charge in [0.05, 0.1) is 31.2 Å². The molecule has 0 spiro atoms. The van der Waals surface area contributed by atoms with E-state index in [1.807, 2.05) is 18.2 Å². The van der Waals surface area contributed by atoms with Gasteiger partial charge in [-0.15, -0.1) is 0 Å². The third-order valence-electron chi connectivity index (χ3n) is 10.8. The number of β-amino-alcohol motifs (C(OH)–C–C–N with tert-alkyl or cyclic N) is 1. The molecule has 2 saturated carbocycles. The minimum atomic E-state index is -2.77. The van der Waals surface area contributed by atoms with Crippen LogP contribution < -0.4 is 10.5 Å². The molecule has 5 N–H and O–H groups in total. The topological polar surface area (TPSA) is 191 Å². The molecule has 0 radical (unpaired) electrons. The third kappa shape index (κ3) is 5.34. The molecule has 1 amide bonds. The number of phenols is 1. The van der Waals surface area contributed by atoms with Crippen molar-refractivity contribution in [2.75, 3.05) is 60.5 Å². The summed E-state index contributed by atoms with van der Waals surface area (Å²) < 4.78 is 5.68. The van der Waals surface area contributed by atoms with Crippen molar-refractivity contribution in [3.8, 4) is 22.6 Å². The summed E-state index contributed by atoms with van der Waals surface area (Å²) in [5.41, 5.74) is 5.54. The van der Waals surface area contributed by atoms with Gasteiger partial charge < -0.3 is 25.8 Å². The summed E-state index contributed by atoms with van der Waals surface area (Å²) >= 11 is 0. The van der Waals surface area contributed by atoms with Gasteiger partial charge in [-0.05, 0) is 67.7 Å². The molecule has 0 bridgehead atoms. The zero-order valence-corrected chi connectivity index (χ0v) is 27.3. The number of primary amides is 1. The Morgan fingerprint density at radius 2 is 1.73 bits per heavy atom. The number of likely N-dealkylation sites (N-methyl/N-ethyl adjacent to an activating group) is 1. The fraction of sp³-hybridized carbons (Fsp3) is 0.514. The van der Waals surface area contributed by atoms with Crippen molar-refractivity contribution >= 4 is 29.0 Å². The number of amides is 1. The molecule has 1 heterocycles. The first-order valence-corrected chi connectivity index (χ1v) is 16.3. The second-order valence-corrected chi connectivity index (χ2v) is 13.6. The average molecular weight is 663 g/mol. The van der Waals surface area contributed by atoms with E-state index in [0.29, 0.717) is 30.0 Å². The Morgan fingerprint density at radius 1 is 1.04 bits per heavy atom. The van der Waals surface area contributed by atoms with Gasteiger partial charge >= 0.3 is 0 Å². The maximum absolute atomic E-state index is 14.2. The molecular weight excluding hydrogens is 620 g/mol. The summed E-state index contributed by atoms with van der Waals surface area (Å²) in [5.74, 6) is -10.1. The van der Waals surface area contributed by atoms with Gasteiger partial charge in [0.15, 0.2) is 34.7 Å². The number of methoxy groups -OCH3 is 1. The van der Waals surface area contributed by atoms with Crippen molar-refractivity contribution in [1.29, 1.82) is 0 Å². The van der Waals surface area contributed by atoms with Crippen molar-refractivity contribution in [2.45, 2.75) is 31.0 Å². The van der Waals surface area contributed by atoms with E-state index in [9.17, 15) is 39.3 Å². The fourth-order valence-electron chi connectivity index (χ4n) is 8.50. The lowest BCUT2D eigenvalue weighted by molar-refractivity contribution is -0.181. The number of Topliss-reactive ketones (excluding diaryl/α,β-unsaturated/α-hetero) is 4. The summed E-state index contributed by atoms with van der Waals surface area (Å²) in [4.78, 5) is 73.4. The first-order chi connectivity index (χ1) is 22.8. The molecule has 2 aromatic carbocycles. The van der Waals surface area contributed by atoms with Crippen LogP contribution in [-0.4, -0.2) is 131 Å². The van der Waals surface area contributed by atoms with Crippen LogP contribution in [0.1, 0.15) is 27.9 Å². The van der Waals surface area contributed by atoms with Crippen LogP contribution >= 0.6 is 0 Å². The Hall–Kier alpha value is -4.01. The van der Waals surface area contributed by atoms with Crippen molar-refractivity contribution in [1.82, 2.24) is 14.7 Å². The molecule has 48 heavy (non-hydrogen) atoms. The van der Waals surface area contributed by atoms with Crippen molar-refractivity contribution in [2.24, 2.45) is 29.4 Å². The number of aliphatic hydroxyl groups is 2. The molecule has 6 atom stereocenters. The number of phenolic OH excluding ortho intramolecular Hbond substituents is 1. The van der Waals surface area contributed by atoms with E-state index in [-0.39, 0.29) is 30.8 Å². The van der Waals surface area contributed by atoms with Gasteiger partial charge in [-0.3, -0.25) is 38.7 Å². The lowest BCUT2D eigenvalue weighted by atomic mass is 9.52. The van der Waals surface area contributed by atoms with E-state index in [0.717, 1.165) is 37.3 Å². The van der Waals surface area contributed by atoms with Crippen LogP contribution in [0.25, 0.3) is 11.1 Å². The molecule has 1 saturated heterocycles. The zero-order valence-electron chi connectivity index (χ0n) is 27.3. The quantitative estimate of drug-likeness (QED) is 0.269. The number of ether oxygens (including phenoxy) is 1. The Balaban J connectivity index is 1.37. The van der Waals surface area contributed by atoms with Crippen molar-refractivity contribution < 1.29 is 44.0 Å². The normalized spacial score (nSPS) is 29.4. The van der Waals surface area contributed by atoms with E-state index in [1.54, 1.807) is 27.3 Å². The van der Waals surface area contributed by atoms with Crippen LogP contribution in [0, 0.1) is 23.7 Å². The second kappa shape index (κ2) is 12.8. The highest BCUT2D eigenvalue weighted by atomic mass is 16.5. The molecule has 2 unspecified atom stereocenters. The average Bonchev–Trinajstić information content (AvgIpc) is 3.03. The number of benzene rings is 2. The lowest BCUT2D eigenvalue weighted by Gasteiger charge is -2.52. The minimum Gasteiger partial charge on any atom is -0.507 e. The van der Waals surface area contributed by atoms with Gasteiger partial charge in [-0.25, -0.2) is 0 Å². The number of hydrogen-bond donors (Lipinski definition) is 4. The summed E-state index contributed by atoms with van der Waals surface area (Å²) in [6, 6.07) is 7.70. The van der Waals surface area contributed by atoms with E-state index in [1.165, 1.54) is 11.0 Å². The van der Waals surface area contributed by atoms with Gasteiger partial charge in [0, 0.05) is 50.7 Å². The van der Waals surface area contributed by atoms with Gasteiger partial charge in [0.2, 0.25) is 5.91 Å². The number of aliphatic hydroxyl groups excluding tert-OH is 1. The molecule has 6 rings (SSSR count). The number of carbonyl (C=O) groups excluding carboxylic acids is 5. The van der Waals surface area contributed by atoms with Gasteiger partial charge in [0.1, 0.15) is 11.5 Å². The van der Waals surface area contributed by atoms with Gasteiger partial charge in [-0.2, -0.15) is 0 Å². The standard InChI is InChI=1S/C35H42N4O9/c1-37(2)29-23-16-19-15-22-21(18-4-7-25(48-3)20(14-18)17-39-10-8-38(9-11-39)12-13-40)5-6-24(41)27(22)30(42)26(19)32(44)35(23,47)33(45)28(31(29)43)34(36)46/h4-7,14,19,23,26,28-29,40-41,47H,8-13,15-17H2,1-3H3,(H2,36,46)/t19-,23-,26?,28?,29-,35-/m1/s1. The Bertz CT molecular complexity index is 1680. The maximum Gasteiger partial charge on any atom is 0.235 e. The number of nitrogens with zero attached hydrogens (tertiary/aromatic N) is 3. The number of ketones is 4. The predicted molar refractivity (Wildman–Crippen MR) is 172 cm³/mol. The van der Waals surface area contributed by atoms with Crippen LogP contribution in [0.5, 0.6) is 11.5 Å². The SMILES string of the molecule is COc1ccc(-c2ccc(O)c3c2C[C@@H]2C[C@@H]4[C@@H](N(C)C)C(=O)C(C(N)=O)C(=O)[C@]4(O)C(=O)C2C3=O)cc1CN1CCN(CCO)CC1. The smallest absolute Gasteiger partial charge is 0.235 e. The van der Waals surface area contributed by atoms with Crippen LogP contribution in [0.3, 0.4) is 0 Å². The van der Waals surface area contributed by atoms with Crippen molar-refractivity contribution in [3.63, 3.8) is 0 Å². The highest BCUT2D eigenvalue weighted by Crippen LogP contribution is 2.52.